The highest BCUT2D eigenvalue weighted by molar-refractivity contribution is 5.79. The molecule has 4 rings (SSSR count). The summed E-state index contributed by atoms with van der Waals surface area (Å²) in [5, 5.41) is 12.5. The van der Waals surface area contributed by atoms with Gasteiger partial charge < -0.3 is 30.0 Å². The minimum Gasteiger partial charge on any atom is -0.497 e. The number of amides is 1. The molecule has 4 atom stereocenters. The highest BCUT2D eigenvalue weighted by atomic mass is 19.1. The molecule has 1 aliphatic heterocycles. The minimum absolute atomic E-state index is 0.0553. The van der Waals surface area contributed by atoms with Gasteiger partial charge in [-0.25, -0.2) is 4.39 Å². The van der Waals surface area contributed by atoms with E-state index in [1.165, 1.54) is 6.07 Å². The molecule has 2 fully saturated rings. The second kappa shape index (κ2) is 12.6. The molecule has 0 radical (unpaired) electrons. The molecule has 3 N–H and O–H groups in total. The van der Waals surface area contributed by atoms with E-state index >= 15 is 4.39 Å². The fourth-order valence-corrected chi connectivity index (χ4v) is 5.94. The molecule has 2 aliphatic rings. The SMILES string of the molecule is COCCCC[C@@](O)(c1cccc(F)c1-c1cc(C)cc(OC)c1)[C@H]1CN(C(=O)[C@@H]2CC[C@H](N)C2)CCO1. The molecule has 2 aromatic carbocycles. The van der Waals surface area contributed by atoms with Crippen LogP contribution in [0.2, 0.25) is 0 Å². The van der Waals surface area contributed by atoms with E-state index in [-0.39, 0.29) is 24.4 Å². The van der Waals surface area contributed by atoms with Gasteiger partial charge in [0.2, 0.25) is 5.91 Å². The van der Waals surface area contributed by atoms with Crippen LogP contribution in [-0.4, -0.2) is 68.6 Å². The Morgan fingerprint density at radius 1 is 1.24 bits per heavy atom. The number of aliphatic hydroxyl groups is 1. The van der Waals surface area contributed by atoms with Gasteiger partial charge in [-0.05, 0) is 80.3 Å². The van der Waals surface area contributed by atoms with Crippen molar-refractivity contribution in [3.63, 3.8) is 0 Å². The fourth-order valence-electron chi connectivity index (χ4n) is 5.94. The van der Waals surface area contributed by atoms with Crippen LogP contribution in [0.25, 0.3) is 11.1 Å². The number of halogens is 1. The third kappa shape index (κ3) is 6.20. The van der Waals surface area contributed by atoms with Crippen molar-refractivity contribution in [1.29, 1.82) is 0 Å². The number of carbonyl (C=O) groups is 1. The molecule has 38 heavy (non-hydrogen) atoms. The van der Waals surface area contributed by atoms with Crippen LogP contribution >= 0.6 is 0 Å². The lowest BCUT2D eigenvalue weighted by molar-refractivity contribution is -0.167. The second-order valence-corrected chi connectivity index (χ2v) is 10.7. The Hall–Kier alpha value is -2.52. The highest BCUT2D eigenvalue weighted by Gasteiger charge is 2.45. The summed E-state index contributed by atoms with van der Waals surface area (Å²) < 4.78 is 32.4. The number of unbranched alkanes of at least 4 members (excludes halogenated alkanes) is 1. The van der Waals surface area contributed by atoms with E-state index in [4.69, 9.17) is 19.9 Å². The van der Waals surface area contributed by atoms with Crippen molar-refractivity contribution in [2.45, 2.75) is 63.2 Å². The Morgan fingerprint density at radius 2 is 2.05 bits per heavy atom. The average molecular weight is 529 g/mol. The molecule has 0 spiro atoms. The van der Waals surface area contributed by atoms with Crippen LogP contribution in [0, 0.1) is 18.7 Å². The van der Waals surface area contributed by atoms with E-state index in [1.807, 2.05) is 19.1 Å². The number of carbonyl (C=O) groups excluding carboxylic acids is 1. The molecule has 8 heteroatoms. The first-order valence-corrected chi connectivity index (χ1v) is 13.6. The molecule has 208 valence electrons. The predicted molar refractivity (Wildman–Crippen MR) is 144 cm³/mol. The van der Waals surface area contributed by atoms with Crippen molar-refractivity contribution in [1.82, 2.24) is 4.90 Å². The van der Waals surface area contributed by atoms with Crippen molar-refractivity contribution in [3.05, 3.63) is 53.3 Å². The number of methoxy groups -OCH3 is 2. The number of hydrogen-bond donors (Lipinski definition) is 2. The van der Waals surface area contributed by atoms with Gasteiger partial charge in [-0.2, -0.15) is 0 Å². The molecule has 1 saturated heterocycles. The Balaban J connectivity index is 1.72. The number of nitrogens with two attached hydrogens (primary N) is 1. The van der Waals surface area contributed by atoms with E-state index < -0.39 is 17.5 Å². The van der Waals surface area contributed by atoms with E-state index in [9.17, 15) is 9.90 Å². The Labute approximate surface area is 225 Å². The Bertz CT molecular complexity index is 1110. The monoisotopic (exact) mass is 528 g/mol. The normalized spacial score (nSPS) is 23.3. The van der Waals surface area contributed by atoms with Gasteiger partial charge in [-0.3, -0.25) is 4.79 Å². The molecule has 0 bridgehead atoms. The highest BCUT2D eigenvalue weighted by Crippen LogP contribution is 2.42. The molecule has 0 aromatic heterocycles. The zero-order valence-electron chi connectivity index (χ0n) is 22.7. The summed E-state index contributed by atoms with van der Waals surface area (Å²) >= 11 is 0. The van der Waals surface area contributed by atoms with Crippen molar-refractivity contribution < 1.29 is 28.5 Å². The van der Waals surface area contributed by atoms with Gasteiger partial charge in [0.05, 0.1) is 20.3 Å². The smallest absolute Gasteiger partial charge is 0.225 e. The van der Waals surface area contributed by atoms with Crippen LogP contribution in [-0.2, 0) is 19.9 Å². The lowest BCUT2D eigenvalue weighted by Crippen LogP contribution is -2.55. The summed E-state index contributed by atoms with van der Waals surface area (Å²) in [6.45, 7) is 3.48. The Kier molecular flexibility index (Phi) is 9.41. The molecular formula is C30H41FN2O5. The van der Waals surface area contributed by atoms with E-state index in [1.54, 1.807) is 37.3 Å². The summed E-state index contributed by atoms with van der Waals surface area (Å²) in [4.78, 5) is 15.1. The lowest BCUT2D eigenvalue weighted by Gasteiger charge is -2.43. The van der Waals surface area contributed by atoms with Gasteiger partial charge in [-0.15, -0.1) is 0 Å². The fraction of sp³-hybridized carbons (Fsp3) is 0.567. The third-order valence-electron chi connectivity index (χ3n) is 7.94. The van der Waals surface area contributed by atoms with Crippen molar-refractivity contribution in [2.24, 2.45) is 11.7 Å². The largest absolute Gasteiger partial charge is 0.497 e. The van der Waals surface area contributed by atoms with Crippen LogP contribution in [0.1, 0.15) is 49.7 Å². The van der Waals surface area contributed by atoms with Gasteiger partial charge in [0.15, 0.2) is 0 Å². The summed E-state index contributed by atoms with van der Waals surface area (Å²) in [5.41, 5.74) is 6.84. The van der Waals surface area contributed by atoms with Gasteiger partial charge in [0, 0.05) is 37.8 Å². The predicted octanol–water partition coefficient (Wildman–Crippen LogP) is 4.17. The zero-order valence-corrected chi connectivity index (χ0v) is 22.7. The molecular weight excluding hydrogens is 487 g/mol. The summed E-state index contributed by atoms with van der Waals surface area (Å²) in [7, 11) is 3.22. The quantitative estimate of drug-likeness (QED) is 0.450. The average Bonchev–Trinajstić information content (AvgIpc) is 3.36. The number of ether oxygens (including phenoxy) is 3. The standard InChI is InChI=1S/C30H41FN2O5/c1-20-15-22(18-24(16-20)37-3)28-25(7-6-8-26(28)31)30(35,11-4-5-13-36-2)27-19-33(12-14-38-27)29(34)21-9-10-23(32)17-21/h6-8,15-16,18,21,23,27,35H,4-5,9-14,17,19,32H2,1-3H3/t21-,23+,27-,30-/m1/s1. The molecule has 1 aliphatic carbocycles. The van der Waals surface area contributed by atoms with Crippen LogP contribution in [0.5, 0.6) is 5.75 Å². The first-order valence-electron chi connectivity index (χ1n) is 13.6. The number of hydrogen-bond acceptors (Lipinski definition) is 6. The van der Waals surface area contributed by atoms with E-state index in [0.717, 1.165) is 24.8 Å². The summed E-state index contributed by atoms with van der Waals surface area (Å²) in [6, 6.07) is 10.4. The van der Waals surface area contributed by atoms with Crippen molar-refractivity contribution in [2.75, 3.05) is 40.5 Å². The maximum Gasteiger partial charge on any atom is 0.225 e. The third-order valence-corrected chi connectivity index (χ3v) is 7.94. The number of morpholine rings is 1. The first kappa shape index (κ1) is 28.5. The van der Waals surface area contributed by atoms with Crippen LogP contribution in [0.4, 0.5) is 4.39 Å². The van der Waals surface area contributed by atoms with E-state index in [0.29, 0.717) is 61.5 Å². The molecule has 1 heterocycles. The number of aryl methyl sites for hydroxylation is 1. The molecule has 1 saturated carbocycles. The number of benzene rings is 2. The maximum atomic E-state index is 15.6. The lowest BCUT2D eigenvalue weighted by atomic mass is 9.78. The molecule has 7 nitrogen and oxygen atoms in total. The summed E-state index contributed by atoms with van der Waals surface area (Å²) in [6.07, 6.45) is 3.30. The van der Waals surface area contributed by atoms with Crippen LogP contribution < -0.4 is 10.5 Å². The molecule has 2 aromatic rings. The van der Waals surface area contributed by atoms with Gasteiger partial charge in [0.1, 0.15) is 23.3 Å². The summed E-state index contributed by atoms with van der Waals surface area (Å²) in [5.74, 6) is 0.145. The second-order valence-electron chi connectivity index (χ2n) is 10.7. The van der Waals surface area contributed by atoms with Crippen molar-refractivity contribution >= 4 is 5.91 Å². The first-order chi connectivity index (χ1) is 18.3. The number of nitrogens with zero attached hydrogens (tertiary/aromatic N) is 1. The number of rotatable bonds is 10. The molecule has 1 amide bonds. The van der Waals surface area contributed by atoms with Gasteiger partial charge in [0.25, 0.3) is 0 Å². The van der Waals surface area contributed by atoms with Crippen LogP contribution in [0.3, 0.4) is 0 Å². The maximum absolute atomic E-state index is 15.6. The van der Waals surface area contributed by atoms with Crippen LogP contribution in [0.15, 0.2) is 36.4 Å². The van der Waals surface area contributed by atoms with Gasteiger partial charge >= 0.3 is 0 Å². The van der Waals surface area contributed by atoms with E-state index in [2.05, 4.69) is 0 Å². The molecule has 0 unspecified atom stereocenters. The minimum atomic E-state index is -1.53. The Morgan fingerprint density at radius 3 is 2.76 bits per heavy atom. The zero-order chi connectivity index (χ0) is 27.3. The van der Waals surface area contributed by atoms with Crippen molar-refractivity contribution in [3.8, 4) is 16.9 Å². The van der Waals surface area contributed by atoms with Gasteiger partial charge in [-0.1, -0.05) is 18.2 Å². The topological polar surface area (TPSA) is 94.2 Å².